The van der Waals surface area contributed by atoms with E-state index >= 15 is 0 Å². The number of carboxylic acid groups (broad SMARTS) is 2. The second-order valence-electron chi connectivity index (χ2n) is 10.0. The van der Waals surface area contributed by atoms with Gasteiger partial charge in [-0.2, -0.15) is 0 Å². The molecule has 2 aromatic rings. The summed E-state index contributed by atoms with van der Waals surface area (Å²) in [4.78, 5) is 67.0. The van der Waals surface area contributed by atoms with Crippen molar-refractivity contribution < 1.29 is 34.2 Å². The summed E-state index contributed by atoms with van der Waals surface area (Å²) in [6, 6.07) is 3.03. The zero-order valence-electron chi connectivity index (χ0n) is 22.3. The number of benzene rings is 1. The highest BCUT2D eigenvalue weighted by molar-refractivity contribution is 5.95. The second kappa shape index (κ2) is 14.4. The molecule has 3 rings (SSSR count). The normalized spacial score (nSPS) is 17.2. The van der Waals surface area contributed by atoms with E-state index in [-0.39, 0.29) is 18.7 Å². The Kier molecular flexibility index (Phi) is 11.0. The van der Waals surface area contributed by atoms with Gasteiger partial charge in [0.1, 0.15) is 18.1 Å². The van der Waals surface area contributed by atoms with Gasteiger partial charge in [-0.05, 0) is 50.3 Å². The number of rotatable bonds is 15. The van der Waals surface area contributed by atoms with Crippen molar-refractivity contribution in [2.45, 2.75) is 75.5 Å². The number of amides is 3. The zero-order chi connectivity index (χ0) is 29.2. The van der Waals surface area contributed by atoms with Gasteiger partial charge in [0.25, 0.3) is 0 Å². The Morgan fingerprint density at radius 3 is 2.50 bits per heavy atom. The summed E-state index contributed by atoms with van der Waals surface area (Å²) in [5, 5.41) is 24.8. The summed E-state index contributed by atoms with van der Waals surface area (Å²) >= 11 is 0. The molecule has 0 bridgehead atoms. The highest BCUT2D eigenvalue weighted by Crippen LogP contribution is 2.21. The van der Waals surface area contributed by atoms with Crippen LogP contribution in [-0.4, -0.2) is 87.0 Å². The number of nitrogens with one attached hydrogen (secondary N) is 3. The van der Waals surface area contributed by atoms with Gasteiger partial charge in [0, 0.05) is 36.5 Å². The van der Waals surface area contributed by atoms with E-state index in [4.69, 9.17) is 11.5 Å². The smallest absolute Gasteiger partial charge is 0.326 e. The van der Waals surface area contributed by atoms with Crippen molar-refractivity contribution in [2.24, 2.45) is 11.5 Å². The van der Waals surface area contributed by atoms with E-state index in [1.165, 1.54) is 4.90 Å². The predicted molar refractivity (Wildman–Crippen MR) is 146 cm³/mol. The molecule has 4 unspecified atom stereocenters. The number of H-pyrrole nitrogens is 1. The fourth-order valence-electron chi connectivity index (χ4n) is 4.95. The van der Waals surface area contributed by atoms with Crippen LogP contribution in [0.15, 0.2) is 30.5 Å². The standard InChI is InChI=1S/C27H38N6O7/c28-12-4-3-7-18(29)26(38)33-13-5-9-22(33)25(37)31-20(10-11-23(34)35)24(36)32-21(27(39)40)14-16-15-30-19-8-2-1-6-17(16)19/h1-2,6,8,15,18,20-22,30H,3-5,7,9-14,28-29H2,(H,31,37)(H,32,36)(H,34,35)(H,39,40). The van der Waals surface area contributed by atoms with Gasteiger partial charge in [0.2, 0.25) is 17.7 Å². The summed E-state index contributed by atoms with van der Waals surface area (Å²) in [5.74, 6) is -4.27. The average Bonchev–Trinajstić information content (AvgIpc) is 3.57. The van der Waals surface area contributed by atoms with Crippen LogP contribution in [0.4, 0.5) is 0 Å². The van der Waals surface area contributed by atoms with E-state index in [0.717, 1.165) is 17.3 Å². The molecule has 13 heteroatoms. The average molecular weight is 559 g/mol. The van der Waals surface area contributed by atoms with Crippen molar-refractivity contribution >= 4 is 40.6 Å². The van der Waals surface area contributed by atoms with Gasteiger partial charge in [-0.1, -0.05) is 24.6 Å². The van der Waals surface area contributed by atoms with E-state index in [1.54, 1.807) is 6.20 Å². The third-order valence-electron chi connectivity index (χ3n) is 7.12. The Balaban J connectivity index is 1.70. The lowest BCUT2D eigenvalue weighted by molar-refractivity contribution is -0.143. The molecule has 40 heavy (non-hydrogen) atoms. The van der Waals surface area contributed by atoms with Crippen molar-refractivity contribution in [2.75, 3.05) is 13.1 Å². The zero-order valence-corrected chi connectivity index (χ0v) is 22.3. The molecule has 0 spiro atoms. The van der Waals surface area contributed by atoms with Gasteiger partial charge in [-0.15, -0.1) is 0 Å². The van der Waals surface area contributed by atoms with Gasteiger partial charge in [-0.3, -0.25) is 19.2 Å². The molecule has 1 fully saturated rings. The van der Waals surface area contributed by atoms with Crippen LogP contribution in [0, 0.1) is 0 Å². The lowest BCUT2D eigenvalue weighted by Gasteiger charge is -2.28. The third-order valence-corrected chi connectivity index (χ3v) is 7.12. The fourth-order valence-corrected chi connectivity index (χ4v) is 4.95. The van der Waals surface area contributed by atoms with Crippen molar-refractivity contribution in [3.8, 4) is 0 Å². The molecule has 4 atom stereocenters. The summed E-state index contributed by atoms with van der Waals surface area (Å²) in [7, 11) is 0. The predicted octanol–water partition coefficient (Wildman–Crippen LogP) is 0.0767. The van der Waals surface area contributed by atoms with Crippen LogP contribution < -0.4 is 22.1 Å². The molecule has 218 valence electrons. The molecule has 13 nitrogen and oxygen atoms in total. The van der Waals surface area contributed by atoms with E-state index in [0.29, 0.717) is 44.3 Å². The Morgan fingerprint density at radius 2 is 1.80 bits per heavy atom. The SMILES string of the molecule is NCCCCC(N)C(=O)N1CCCC1C(=O)NC(CCC(=O)O)C(=O)NC(Cc1c[nH]c2ccccc12)C(=O)O. The van der Waals surface area contributed by atoms with Crippen molar-refractivity contribution in [1.29, 1.82) is 0 Å². The minimum absolute atomic E-state index is 0.0301. The minimum Gasteiger partial charge on any atom is -0.481 e. The molecule has 1 aromatic heterocycles. The van der Waals surface area contributed by atoms with Crippen molar-refractivity contribution in [1.82, 2.24) is 20.5 Å². The van der Waals surface area contributed by atoms with E-state index in [1.807, 2.05) is 24.3 Å². The fraction of sp³-hybridized carbons (Fsp3) is 0.519. The van der Waals surface area contributed by atoms with Crippen LogP contribution in [0.25, 0.3) is 10.9 Å². The minimum atomic E-state index is -1.33. The van der Waals surface area contributed by atoms with E-state index in [9.17, 15) is 34.2 Å². The molecule has 3 amide bonds. The first-order valence-electron chi connectivity index (χ1n) is 13.5. The quantitative estimate of drug-likeness (QED) is 0.147. The largest absolute Gasteiger partial charge is 0.481 e. The first-order valence-corrected chi connectivity index (χ1v) is 13.5. The Bertz CT molecular complexity index is 1210. The van der Waals surface area contributed by atoms with Crippen LogP contribution >= 0.6 is 0 Å². The molecule has 1 aliphatic rings. The number of unbranched alkanes of at least 4 members (excludes halogenated alkanes) is 1. The number of para-hydroxylation sites is 1. The molecule has 2 heterocycles. The number of aromatic amines is 1. The summed E-state index contributed by atoms with van der Waals surface area (Å²) < 4.78 is 0. The van der Waals surface area contributed by atoms with Gasteiger partial charge in [0.15, 0.2) is 0 Å². The molecule has 0 saturated carbocycles. The van der Waals surface area contributed by atoms with Gasteiger partial charge < -0.3 is 42.2 Å². The number of aromatic nitrogens is 1. The lowest BCUT2D eigenvalue weighted by atomic mass is 10.0. The van der Waals surface area contributed by atoms with Crippen molar-refractivity contribution in [3.63, 3.8) is 0 Å². The molecular formula is C27H38N6O7. The van der Waals surface area contributed by atoms with Gasteiger partial charge in [-0.25, -0.2) is 4.79 Å². The number of fused-ring (bicyclic) bond motifs is 1. The second-order valence-corrected chi connectivity index (χ2v) is 10.0. The van der Waals surface area contributed by atoms with Crippen LogP contribution in [0.5, 0.6) is 0 Å². The van der Waals surface area contributed by atoms with Crippen LogP contribution in [-0.2, 0) is 30.4 Å². The number of carbonyl (C=O) groups is 5. The van der Waals surface area contributed by atoms with Crippen LogP contribution in [0.2, 0.25) is 0 Å². The van der Waals surface area contributed by atoms with Gasteiger partial charge in [0.05, 0.1) is 6.04 Å². The Morgan fingerprint density at radius 1 is 1.05 bits per heavy atom. The van der Waals surface area contributed by atoms with Crippen molar-refractivity contribution in [3.05, 3.63) is 36.0 Å². The molecule has 1 aromatic carbocycles. The molecule has 0 aliphatic carbocycles. The maximum absolute atomic E-state index is 13.2. The number of aliphatic carboxylic acids is 2. The number of likely N-dealkylation sites (tertiary alicyclic amines) is 1. The first kappa shape index (κ1) is 30.6. The van der Waals surface area contributed by atoms with E-state index < -0.39 is 54.3 Å². The number of hydrogen-bond acceptors (Lipinski definition) is 7. The molecular weight excluding hydrogens is 520 g/mol. The summed E-state index contributed by atoms with van der Waals surface area (Å²) in [6.07, 6.45) is 3.70. The number of carbonyl (C=O) groups excluding carboxylic acids is 3. The number of hydrogen-bond donors (Lipinski definition) is 7. The third kappa shape index (κ3) is 8.02. The lowest BCUT2D eigenvalue weighted by Crippen LogP contribution is -2.56. The summed E-state index contributed by atoms with van der Waals surface area (Å²) in [6.45, 7) is 0.819. The number of carboxylic acids is 2. The number of nitrogens with two attached hydrogens (primary N) is 2. The molecule has 9 N–H and O–H groups in total. The maximum Gasteiger partial charge on any atom is 0.326 e. The Hall–Kier alpha value is -3.97. The van der Waals surface area contributed by atoms with Gasteiger partial charge >= 0.3 is 11.9 Å². The van der Waals surface area contributed by atoms with Crippen LogP contribution in [0.1, 0.15) is 50.5 Å². The first-order chi connectivity index (χ1) is 19.1. The maximum atomic E-state index is 13.2. The highest BCUT2D eigenvalue weighted by Gasteiger charge is 2.38. The van der Waals surface area contributed by atoms with E-state index in [2.05, 4.69) is 15.6 Å². The Labute approximate surface area is 231 Å². The molecule has 0 radical (unpaired) electrons. The topological polar surface area (TPSA) is 221 Å². The molecule has 1 aliphatic heterocycles. The number of nitrogens with zero attached hydrogens (tertiary/aromatic N) is 1. The highest BCUT2D eigenvalue weighted by atomic mass is 16.4. The van der Waals surface area contributed by atoms with Crippen LogP contribution in [0.3, 0.4) is 0 Å². The summed E-state index contributed by atoms with van der Waals surface area (Å²) in [5.41, 5.74) is 13.0. The molecule has 1 saturated heterocycles. The monoisotopic (exact) mass is 558 g/mol.